The molecular formula is C20H23N3S. The minimum Gasteiger partial charge on any atom is -0.354 e. The number of nitrogens with zero attached hydrogens (tertiary/aromatic N) is 3. The molecule has 2 aromatic heterocycles. The van der Waals surface area contributed by atoms with Crippen LogP contribution in [0.4, 0.5) is 5.82 Å². The largest absolute Gasteiger partial charge is 0.354 e. The first-order valence-electron chi connectivity index (χ1n) is 8.67. The molecule has 0 amide bonds. The van der Waals surface area contributed by atoms with E-state index in [1.54, 1.807) is 11.3 Å². The van der Waals surface area contributed by atoms with Crippen molar-refractivity contribution >= 4 is 27.9 Å². The third kappa shape index (κ3) is 2.92. The van der Waals surface area contributed by atoms with Gasteiger partial charge in [-0.05, 0) is 36.4 Å². The van der Waals surface area contributed by atoms with Crippen LogP contribution in [0.5, 0.6) is 0 Å². The molecule has 0 radical (unpaired) electrons. The minimum absolute atomic E-state index is 1.05. The van der Waals surface area contributed by atoms with Gasteiger partial charge in [-0.15, -0.1) is 11.3 Å². The normalized spacial score (nSPS) is 16.0. The number of hydrogen-bond acceptors (Lipinski definition) is 4. The first-order chi connectivity index (χ1) is 11.7. The fraction of sp³-hybridized carbons (Fsp3) is 0.350. The van der Waals surface area contributed by atoms with Crippen molar-refractivity contribution in [3.05, 3.63) is 47.3 Å². The lowest BCUT2D eigenvalue weighted by atomic mass is 10.1. The quantitative estimate of drug-likeness (QED) is 0.705. The van der Waals surface area contributed by atoms with Gasteiger partial charge in [-0.2, -0.15) is 0 Å². The summed E-state index contributed by atoms with van der Waals surface area (Å²) in [7, 11) is 0. The summed E-state index contributed by atoms with van der Waals surface area (Å²) in [4.78, 5) is 11.3. The highest BCUT2D eigenvalue weighted by molar-refractivity contribution is 7.13. The number of anilines is 1. The van der Waals surface area contributed by atoms with Crippen molar-refractivity contribution in [3.63, 3.8) is 0 Å². The molecule has 0 atom stereocenters. The Morgan fingerprint density at radius 3 is 2.62 bits per heavy atom. The van der Waals surface area contributed by atoms with E-state index in [0.717, 1.165) is 44.2 Å². The first kappa shape index (κ1) is 15.6. The van der Waals surface area contributed by atoms with Crippen LogP contribution in [-0.4, -0.2) is 42.6 Å². The lowest BCUT2D eigenvalue weighted by molar-refractivity contribution is 0.271. The maximum atomic E-state index is 5.07. The van der Waals surface area contributed by atoms with Gasteiger partial charge in [-0.1, -0.05) is 36.8 Å². The highest BCUT2D eigenvalue weighted by atomic mass is 32.1. The van der Waals surface area contributed by atoms with E-state index in [1.807, 2.05) is 0 Å². The molecular weight excluding hydrogens is 314 g/mol. The Morgan fingerprint density at radius 1 is 1.08 bits per heavy atom. The van der Waals surface area contributed by atoms with E-state index in [1.165, 1.54) is 21.2 Å². The van der Waals surface area contributed by atoms with Crippen molar-refractivity contribution in [2.24, 2.45) is 0 Å². The maximum Gasteiger partial charge on any atom is 0.137 e. The highest BCUT2D eigenvalue weighted by Gasteiger charge is 2.20. The molecule has 3 heterocycles. The highest BCUT2D eigenvalue weighted by Crippen LogP contribution is 2.32. The Morgan fingerprint density at radius 2 is 1.92 bits per heavy atom. The van der Waals surface area contributed by atoms with Gasteiger partial charge < -0.3 is 9.80 Å². The molecule has 4 heteroatoms. The smallest absolute Gasteiger partial charge is 0.137 e. The van der Waals surface area contributed by atoms with Crippen LogP contribution in [0.3, 0.4) is 0 Å². The second-order valence-corrected chi connectivity index (χ2v) is 7.40. The first-order valence-corrected chi connectivity index (χ1v) is 9.55. The van der Waals surface area contributed by atoms with Crippen LogP contribution in [0, 0.1) is 6.92 Å². The summed E-state index contributed by atoms with van der Waals surface area (Å²) in [5.41, 5.74) is 2.39. The van der Waals surface area contributed by atoms with Crippen molar-refractivity contribution in [2.45, 2.75) is 13.8 Å². The molecule has 0 bridgehead atoms. The topological polar surface area (TPSA) is 19.4 Å². The number of aromatic nitrogens is 1. The van der Waals surface area contributed by atoms with Crippen LogP contribution in [-0.2, 0) is 0 Å². The fourth-order valence-corrected chi connectivity index (χ4v) is 4.11. The van der Waals surface area contributed by atoms with Crippen molar-refractivity contribution in [2.75, 3.05) is 37.6 Å². The molecule has 1 saturated heterocycles. The van der Waals surface area contributed by atoms with Gasteiger partial charge in [0.05, 0.1) is 10.6 Å². The number of piperazine rings is 1. The van der Waals surface area contributed by atoms with Gasteiger partial charge in [0.15, 0.2) is 0 Å². The molecule has 124 valence electrons. The van der Waals surface area contributed by atoms with Crippen LogP contribution < -0.4 is 4.90 Å². The monoisotopic (exact) mass is 337 g/mol. The molecule has 3 aromatic rings. The molecule has 0 aliphatic carbocycles. The molecule has 1 fully saturated rings. The number of hydrogen-bond donors (Lipinski definition) is 0. The summed E-state index contributed by atoms with van der Waals surface area (Å²) in [6.07, 6.45) is 0. The van der Waals surface area contributed by atoms with Crippen LogP contribution in [0.25, 0.3) is 21.3 Å². The molecule has 1 aromatic carbocycles. The second-order valence-electron chi connectivity index (χ2n) is 6.45. The summed E-state index contributed by atoms with van der Waals surface area (Å²) < 4.78 is 0. The summed E-state index contributed by atoms with van der Waals surface area (Å²) >= 11 is 1.76. The number of fused-ring (bicyclic) bond motifs is 1. The number of pyridine rings is 1. The number of aryl methyl sites for hydroxylation is 1. The van der Waals surface area contributed by atoms with Crippen molar-refractivity contribution < 1.29 is 0 Å². The number of thiophene rings is 1. The zero-order valence-electron chi connectivity index (χ0n) is 14.3. The Balaban J connectivity index is 1.81. The Bertz CT molecular complexity index is 833. The van der Waals surface area contributed by atoms with Crippen molar-refractivity contribution in [3.8, 4) is 10.6 Å². The van der Waals surface area contributed by atoms with E-state index >= 15 is 0 Å². The lowest BCUT2D eigenvalue weighted by Crippen LogP contribution is -2.46. The zero-order valence-corrected chi connectivity index (χ0v) is 15.1. The third-order valence-electron chi connectivity index (χ3n) is 4.86. The molecule has 24 heavy (non-hydrogen) atoms. The SMILES string of the molecule is CCN1CCN(c2nc(-c3cccs3)cc3cc(C)ccc23)CC1. The van der Waals surface area contributed by atoms with E-state index in [-0.39, 0.29) is 0 Å². The molecule has 3 nitrogen and oxygen atoms in total. The molecule has 4 rings (SSSR count). The van der Waals surface area contributed by atoms with Gasteiger partial charge in [0.2, 0.25) is 0 Å². The molecule has 1 aliphatic rings. The number of benzene rings is 1. The maximum absolute atomic E-state index is 5.07. The van der Waals surface area contributed by atoms with Gasteiger partial charge in [-0.3, -0.25) is 0 Å². The van der Waals surface area contributed by atoms with Crippen LogP contribution in [0.15, 0.2) is 41.8 Å². The summed E-state index contributed by atoms with van der Waals surface area (Å²) in [5.74, 6) is 1.15. The standard InChI is InChI=1S/C20H23N3S/c1-3-22-8-10-23(11-9-22)20-17-7-6-15(2)13-16(17)14-18(21-20)19-5-4-12-24-19/h4-7,12-14H,3,8-11H2,1-2H3. The van der Waals surface area contributed by atoms with Crippen LogP contribution in [0.1, 0.15) is 12.5 Å². The minimum atomic E-state index is 1.05. The van der Waals surface area contributed by atoms with E-state index in [2.05, 4.69) is 65.4 Å². The summed E-state index contributed by atoms with van der Waals surface area (Å²) in [6, 6.07) is 13.2. The average molecular weight is 337 g/mol. The van der Waals surface area contributed by atoms with E-state index in [9.17, 15) is 0 Å². The van der Waals surface area contributed by atoms with Crippen LogP contribution in [0.2, 0.25) is 0 Å². The zero-order chi connectivity index (χ0) is 16.5. The van der Waals surface area contributed by atoms with E-state index < -0.39 is 0 Å². The van der Waals surface area contributed by atoms with Crippen LogP contribution >= 0.6 is 11.3 Å². The number of rotatable bonds is 3. The Kier molecular flexibility index (Phi) is 4.25. The predicted octanol–water partition coefficient (Wildman–Crippen LogP) is 4.41. The molecule has 0 saturated carbocycles. The van der Waals surface area contributed by atoms with Gasteiger partial charge in [-0.25, -0.2) is 4.98 Å². The van der Waals surface area contributed by atoms with E-state index in [4.69, 9.17) is 4.98 Å². The molecule has 0 N–H and O–H groups in total. The lowest BCUT2D eigenvalue weighted by Gasteiger charge is -2.35. The Labute approximate surface area is 147 Å². The molecule has 1 aliphatic heterocycles. The Hall–Kier alpha value is -1.91. The van der Waals surface area contributed by atoms with E-state index in [0.29, 0.717) is 0 Å². The van der Waals surface area contributed by atoms with Gasteiger partial charge >= 0.3 is 0 Å². The third-order valence-corrected chi connectivity index (χ3v) is 5.75. The summed E-state index contributed by atoms with van der Waals surface area (Å²) in [6.45, 7) is 9.88. The van der Waals surface area contributed by atoms with Gasteiger partial charge in [0.25, 0.3) is 0 Å². The number of likely N-dealkylation sites (N-methyl/N-ethyl adjacent to an activating group) is 1. The summed E-state index contributed by atoms with van der Waals surface area (Å²) in [5, 5.41) is 4.68. The van der Waals surface area contributed by atoms with Gasteiger partial charge in [0.1, 0.15) is 5.82 Å². The fourth-order valence-electron chi connectivity index (χ4n) is 3.43. The molecule has 0 unspecified atom stereocenters. The predicted molar refractivity (Wildman–Crippen MR) is 104 cm³/mol. The van der Waals surface area contributed by atoms with Crippen molar-refractivity contribution in [1.29, 1.82) is 0 Å². The second kappa shape index (κ2) is 6.54. The average Bonchev–Trinajstić information content (AvgIpc) is 3.15. The van der Waals surface area contributed by atoms with Gasteiger partial charge in [0, 0.05) is 31.6 Å². The van der Waals surface area contributed by atoms with Crippen molar-refractivity contribution in [1.82, 2.24) is 9.88 Å². The molecule has 0 spiro atoms.